The molecule has 0 saturated carbocycles. The van der Waals surface area contributed by atoms with Gasteiger partial charge in [0, 0.05) is 22.8 Å². The summed E-state index contributed by atoms with van der Waals surface area (Å²) in [6, 6.07) is 0.643. The van der Waals surface area contributed by atoms with Crippen molar-refractivity contribution in [1.82, 2.24) is 4.98 Å². The first-order valence-corrected chi connectivity index (χ1v) is 5.77. The summed E-state index contributed by atoms with van der Waals surface area (Å²) in [6.45, 7) is 0. The molecule has 0 unspecified atom stereocenters. The van der Waals surface area contributed by atoms with Crippen molar-refractivity contribution in [3.05, 3.63) is 17.9 Å². The highest BCUT2D eigenvalue weighted by molar-refractivity contribution is 8.13. The van der Waals surface area contributed by atoms with E-state index in [1.165, 1.54) is 0 Å². The number of ether oxygens (including phenoxy) is 1. The Morgan fingerprint density at radius 1 is 1.31 bits per heavy atom. The van der Waals surface area contributed by atoms with Crippen molar-refractivity contribution in [3.63, 3.8) is 0 Å². The van der Waals surface area contributed by atoms with Gasteiger partial charge >= 0.3 is 6.36 Å². The summed E-state index contributed by atoms with van der Waals surface area (Å²) >= 11 is 0. The molecule has 0 amide bonds. The van der Waals surface area contributed by atoms with Gasteiger partial charge in [0.1, 0.15) is 5.82 Å². The topological polar surface area (TPSA) is 56.3 Å². The fourth-order valence-corrected chi connectivity index (χ4v) is 1.44. The molecule has 1 heterocycles. The summed E-state index contributed by atoms with van der Waals surface area (Å²) in [5, 5.41) is -1.06. The van der Waals surface area contributed by atoms with E-state index in [-0.39, 0.29) is 6.07 Å². The Hall–Kier alpha value is -1.09. The Labute approximate surface area is 91.2 Å². The van der Waals surface area contributed by atoms with Crippen molar-refractivity contribution in [2.75, 3.05) is 0 Å². The van der Waals surface area contributed by atoms with Gasteiger partial charge in [0.05, 0.1) is 0 Å². The molecule has 1 rings (SSSR count). The second-order valence-electron chi connectivity index (χ2n) is 2.45. The first kappa shape index (κ1) is 13.0. The van der Waals surface area contributed by atoms with Gasteiger partial charge in [0.2, 0.25) is 5.88 Å². The van der Waals surface area contributed by atoms with E-state index < -0.39 is 32.1 Å². The number of pyridine rings is 1. The van der Waals surface area contributed by atoms with Crippen molar-refractivity contribution in [2.45, 2.75) is 11.4 Å². The van der Waals surface area contributed by atoms with E-state index in [2.05, 4.69) is 9.72 Å². The molecule has 0 spiro atoms. The maximum absolute atomic E-state index is 12.7. The van der Waals surface area contributed by atoms with Gasteiger partial charge in [-0.3, -0.25) is 0 Å². The van der Waals surface area contributed by atoms with E-state index in [1.807, 2.05) is 0 Å². The van der Waals surface area contributed by atoms with Gasteiger partial charge in [-0.05, 0) is 0 Å². The SMILES string of the molecule is O=S(=O)(Cl)c1cc(F)cc(OC(F)(F)F)n1. The van der Waals surface area contributed by atoms with E-state index in [9.17, 15) is 26.0 Å². The predicted molar refractivity (Wildman–Crippen MR) is 43.9 cm³/mol. The number of rotatable bonds is 2. The second-order valence-corrected chi connectivity index (χ2v) is 4.96. The van der Waals surface area contributed by atoms with Gasteiger partial charge in [-0.25, -0.2) is 12.8 Å². The summed E-state index contributed by atoms with van der Waals surface area (Å²) in [5.41, 5.74) is 0. The maximum atomic E-state index is 12.7. The van der Waals surface area contributed by atoms with Crippen LogP contribution in [0.2, 0.25) is 0 Å². The summed E-state index contributed by atoms with van der Waals surface area (Å²) in [7, 11) is 0.350. The minimum atomic E-state index is -5.10. The quantitative estimate of drug-likeness (QED) is 0.614. The van der Waals surface area contributed by atoms with Crippen molar-refractivity contribution in [3.8, 4) is 5.88 Å². The number of halogens is 5. The lowest BCUT2D eigenvalue weighted by atomic mass is 10.5. The van der Waals surface area contributed by atoms with Crippen LogP contribution in [-0.4, -0.2) is 19.8 Å². The Kier molecular flexibility index (Phi) is 3.29. The van der Waals surface area contributed by atoms with Crippen LogP contribution in [0.4, 0.5) is 17.6 Å². The Bertz CT molecular complexity index is 501. The van der Waals surface area contributed by atoms with Crippen LogP contribution in [0.15, 0.2) is 17.2 Å². The zero-order valence-electron chi connectivity index (χ0n) is 7.12. The highest BCUT2D eigenvalue weighted by atomic mass is 35.7. The van der Waals surface area contributed by atoms with Crippen LogP contribution in [0.3, 0.4) is 0 Å². The van der Waals surface area contributed by atoms with E-state index in [0.717, 1.165) is 0 Å². The molecule has 0 atom stereocenters. The molecule has 90 valence electrons. The van der Waals surface area contributed by atoms with Gasteiger partial charge in [0.15, 0.2) is 5.03 Å². The number of aromatic nitrogens is 1. The molecule has 0 saturated heterocycles. The number of hydrogen-bond donors (Lipinski definition) is 0. The third kappa shape index (κ3) is 3.81. The molecule has 0 aliphatic carbocycles. The van der Waals surface area contributed by atoms with Crippen molar-refractivity contribution >= 4 is 19.7 Å². The van der Waals surface area contributed by atoms with E-state index in [1.54, 1.807) is 0 Å². The maximum Gasteiger partial charge on any atom is 0.574 e. The van der Waals surface area contributed by atoms with E-state index >= 15 is 0 Å². The number of alkyl halides is 3. The molecular weight excluding hydrogens is 278 g/mol. The van der Waals surface area contributed by atoms with Crippen LogP contribution in [0.5, 0.6) is 5.88 Å². The van der Waals surface area contributed by atoms with Crippen LogP contribution >= 0.6 is 10.7 Å². The smallest absolute Gasteiger partial charge is 0.388 e. The Morgan fingerprint density at radius 3 is 2.31 bits per heavy atom. The zero-order valence-corrected chi connectivity index (χ0v) is 8.70. The fraction of sp³-hybridized carbons (Fsp3) is 0.167. The van der Waals surface area contributed by atoms with Crippen molar-refractivity contribution in [2.24, 2.45) is 0 Å². The summed E-state index contributed by atoms with van der Waals surface area (Å²) in [6.07, 6.45) is -5.10. The standard InChI is InChI=1S/C6H2ClF4NO3S/c7-16(13,14)5-2-3(8)1-4(12-5)15-6(9,10)11/h1-2H. The summed E-state index contributed by atoms with van der Waals surface area (Å²) < 4.78 is 72.6. The normalized spacial score (nSPS) is 12.6. The minimum Gasteiger partial charge on any atom is -0.388 e. The van der Waals surface area contributed by atoms with Crippen LogP contribution < -0.4 is 4.74 Å². The van der Waals surface area contributed by atoms with Crippen molar-refractivity contribution < 1.29 is 30.7 Å². The lowest BCUT2D eigenvalue weighted by molar-refractivity contribution is -0.276. The fourth-order valence-electron chi connectivity index (χ4n) is 0.746. The van der Waals surface area contributed by atoms with Gasteiger partial charge in [-0.15, -0.1) is 13.2 Å². The van der Waals surface area contributed by atoms with Crippen LogP contribution in [0, 0.1) is 5.82 Å². The van der Waals surface area contributed by atoms with Crippen molar-refractivity contribution in [1.29, 1.82) is 0 Å². The third-order valence-electron chi connectivity index (χ3n) is 1.21. The van der Waals surface area contributed by atoms with Gasteiger partial charge in [-0.2, -0.15) is 4.98 Å². The molecule has 1 aromatic rings. The molecule has 0 N–H and O–H groups in total. The summed E-state index contributed by atoms with van der Waals surface area (Å²) in [5.74, 6) is -2.51. The van der Waals surface area contributed by atoms with Crippen LogP contribution in [0.1, 0.15) is 0 Å². The lowest BCUT2D eigenvalue weighted by Crippen LogP contribution is -2.18. The molecule has 16 heavy (non-hydrogen) atoms. The molecule has 1 aromatic heterocycles. The largest absolute Gasteiger partial charge is 0.574 e. The number of hydrogen-bond acceptors (Lipinski definition) is 4. The first-order chi connectivity index (χ1) is 7.08. The second kappa shape index (κ2) is 4.06. The number of nitrogens with zero attached hydrogens (tertiary/aromatic N) is 1. The Morgan fingerprint density at radius 2 is 1.88 bits per heavy atom. The molecule has 0 aromatic carbocycles. The zero-order chi connectivity index (χ0) is 12.6. The lowest BCUT2D eigenvalue weighted by Gasteiger charge is -2.08. The monoisotopic (exact) mass is 279 g/mol. The van der Waals surface area contributed by atoms with E-state index in [0.29, 0.717) is 6.07 Å². The molecule has 0 bridgehead atoms. The average Bonchev–Trinajstić information content (AvgIpc) is 1.97. The summed E-state index contributed by atoms with van der Waals surface area (Å²) in [4.78, 5) is 2.89. The molecule has 0 fully saturated rings. The predicted octanol–water partition coefficient (Wildman–Crippen LogP) is 2.05. The Balaban J connectivity index is 3.19. The van der Waals surface area contributed by atoms with Gasteiger partial charge in [0.25, 0.3) is 9.05 Å². The van der Waals surface area contributed by atoms with Crippen LogP contribution in [-0.2, 0) is 9.05 Å². The highest BCUT2D eigenvalue weighted by Crippen LogP contribution is 2.24. The molecule has 10 heteroatoms. The molecule has 4 nitrogen and oxygen atoms in total. The average molecular weight is 280 g/mol. The molecule has 0 aliphatic heterocycles. The molecular formula is C6H2ClF4NO3S. The van der Waals surface area contributed by atoms with E-state index in [4.69, 9.17) is 10.7 Å². The first-order valence-electron chi connectivity index (χ1n) is 3.46. The highest BCUT2D eigenvalue weighted by Gasteiger charge is 2.32. The molecule has 0 radical (unpaired) electrons. The van der Waals surface area contributed by atoms with Gasteiger partial charge in [-0.1, -0.05) is 0 Å². The van der Waals surface area contributed by atoms with Crippen LogP contribution in [0.25, 0.3) is 0 Å². The minimum absolute atomic E-state index is 0.277. The molecule has 0 aliphatic rings. The van der Waals surface area contributed by atoms with Gasteiger partial charge < -0.3 is 4.74 Å². The third-order valence-corrected chi connectivity index (χ3v) is 2.40.